The van der Waals surface area contributed by atoms with Crippen LogP contribution in [-0.4, -0.2) is 28.9 Å². The minimum absolute atomic E-state index is 0.300. The van der Waals surface area contributed by atoms with Crippen molar-refractivity contribution in [1.29, 1.82) is 0 Å². The second-order valence-electron chi connectivity index (χ2n) is 3.54. The molecule has 0 spiro atoms. The van der Waals surface area contributed by atoms with E-state index in [0.717, 1.165) is 4.47 Å². The van der Waals surface area contributed by atoms with Crippen LogP contribution in [0.4, 0.5) is 0 Å². The van der Waals surface area contributed by atoms with Crippen molar-refractivity contribution in [2.24, 2.45) is 5.73 Å². The zero-order valence-electron chi connectivity index (χ0n) is 9.22. The molecule has 0 saturated heterocycles. The minimum atomic E-state index is -1.32. The number of amides is 2. The van der Waals surface area contributed by atoms with Gasteiger partial charge in [-0.05, 0) is 24.3 Å². The Bertz CT molecular complexity index is 472. The first-order valence-corrected chi connectivity index (χ1v) is 5.77. The molecule has 0 unspecified atom stereocenters. The van der Waals surface area contributed by atoms with E-state index in [4.69, 9.17) is 10.8 Å². The zero-order chi connectivity index (χ0) is 13.7. The van der Waals surface area contributed by atoms with Gasteiger partial charge < -0.3 is 16.2 Å². The summed E-state index contributed by atoms with van der Waals surface area (Å²) in [5, 5.41) is 11.1. The second kappa shape index (κ2) is 6.15. The minimum Gasteiger partial charge on any atom is -0.480 e. The first-order chi connectivity index (χ1) is 8.40. The Balaban J connectivity index is 2.75. The fraction of sp³-hybridized carbons (Fsp3) is 0.182. The van der Waals surface area contributed by atoms with Crippen LogP contribution < -0.4 is 11.1 Å². The Hall–Kier alpha value is -1.89. The van der Waals surface area contributed by atoms with Crippen LogP contribution in [0.3, 0.4) is 0 Å². The normalized spacial score (nSPS) is 11.6. The van der Waals surface area contributed by atoms with E-state index < -0.39 is 30.2 Å². The summed E-state index contributed by atoms with van der Waals surface area (Å²) in [6.07, 6.45) is -0.447. The maximum atomic E-state index is 11.7. The SMILES string of the molecule is NC(=O)C[C@@H](NC(=O)c1ccc(Br)cc1)C(=O)O. The molecule has 18 heavy (non-hydrogen) atoms. The molecule has 7 heteroatoms. The van der Waals surface area contributed by atoms with Crippen LogP contribution in [-0.2, 0) is 9.59 Å². The van der Waals surface area contributed by atoms with Gasteiger partial charge in [0.25, 0.3) is 5.91 Å². The summed E-state index contributed by atoms with van der Waals surface area (Å²) < 4.78 is 0.797. The maximum Gasteiger partial charge on any atom is 0.326 e. The highest BCUT2D eigenvalue weighted by molar-refractivity contribution is 9.10. The molecule has 0 aliphatic heterocycles. The lowest BCUT2D eigenvalue weighted by atomic mass is 10.1. The average molecular weight is 315 g/mol. The van der Waals surface area contributed by atoms with Gasteiger partial charge in [0, 0.05) is 10.0 Å². The van der Waals surface area contributed by atoms with Crippen LogP contribution in [0.25, 0.3) is 0 Å². The van der Waals surface area contributed by atoms with Crippen LogP contribution in [0.15, 0.2) is 28.7 Å². The molecule has 4 N–H and O–H groups in total. The Morgan fingerprint density at radius 2 is 1.83 bits per heavy atom. The number of benzene rings is 1. The molecule has 1 aromatic rings. The Kier molecular flexibility index (Phi) is 4.85. The van der Waals surface area contributed by atoms with Gasteiger partial charge >= 0.3 is 5.97 Å². The lowest BCUT2D eigenvalue weighted by Crippen LogP contribution is -2.43. The van der Waals surface area contributed by atoms with Crippen molar-refractivity contribution in [2.45, 2.75) is 12.5 Å². The predicted octanol–water partition coefficient (Wildman–Crippen LogP) is 0.507. The fourth-order valence-corrected chi connectivity index (χ4v) is 1.51. The van der Waals surface area contributed by atoms with Crippen LogP contribution in [0.5, 0.6) is 0 Å². The van der Waals surface area contributed by atoms with Crippen LogP contribution >= 0.6 is 15.9 Å². The average Bonchev–Trinajstić information content (AvgIpc) is 2.28. The molecular weight excluding hydrogens is 304 g/mol. The van der Waals surface area contributed by atoms with Crippen molar-refractivity contribution < 1.29 is 19.5 Å². The number of carboxylic acid groups (broad SMARTS) is 1. The van der Waals surface area contributed by atoms with Crippen molar-refractivity contribution in [1.82, 2.24) is 5.32 Å². The number of carboxylic acids is 1. The summed E-state index contributed by atoms with van der Waals surface area (Å²) in [6, 6.07) is 5.04. The fourth-order valence-electron chi connectivity index (χ4n) is 1.24. The van der Waals surface area contributed by atoms with Crippen LogP contribution in [0, 0.1) is 0 Å². The third kappa shape index (κ3) is 4.17. The van der Waals surface area contributed by atoms with Crippen molar-refractivity contribution in [3.63, 3.8) is 0 Å². The number of nitrogens with one attached hydrogen (secondary N) is 1. The number of halogens is 1. The quantitative estimate of drug-likeness (QED) is 0.735. The lowest BCUT2D eigenvalue weighted by Gasteiger charge is -2.12. The molecule has 0 bridgehead atoms. The topological polar surface area (TPSA) is 109 Å². The molecule has 0 fully saturated rings. The number of carbonyl (C=O) groups excluding carboxylic acids is 2. The molecule has 0 radical (unpaired) electrons. The van der Waals surface area contributed by atoms with Crippen LogP contribution in [0.1, 0.15) is 16.8 Å². The van der Waals surface area contributed by atoms with E-state index >= 15 is 0 Å². The van der Waals surface area contributed by atoms with E-state index in [-0.39, 0.29) is 0 Å². The van der Waals surface area contributed by atoms with Gasteiger partial charge in [-0.1, -0.05) is 15.9 Å². The molecule has 0 aliphatic carbocycles. The van der Waals surface area contributed by atoms with E-state index in [1.165, 1.54) is 12.1 Å². The molecule has 1 rings (SSSR count). The van der Waals surface area contributed by atoms with Crippen molar-refractivity contribution in [2.75, 3.05) is 0 Å². The maximum absolute atomic E-state index is 11.7. The highest BCUT2D eigenvalue weighted by Crippen LogP contribution is 2.10. The summed E-state index contributed by atoms with van der Waals surface area (Å²) in [5.41, 5.74) is 5.21. The van der Waals surface area contributed by atoms with E-state index in [1.54, 1.807) is 12.1 Å². The van der Waals surface area contributed by atoms with Gasteiger partial charge in [-0.2, -0.15) is 0 Å². The third-order valence-corrected chi connectivity index (χ3v) is 2.64. The monoisotopic (exact) mass is 314 g/mol. The van der Waals surface area contributed by atoms with Gasteiger partial charge in [0.15, 0.2) is 0 Å². The standard InChI is InChI=1S/C11H11BrN2O4/c12-7-3-1-6(2-4-7)10(16)14-8(11(17)18)5-9(13)15/h1-4,8H,5H2,(H2,13,15)(H,14,16)(H,17,18)/t8-/m1/s1. The van der Waals surface area contributed by atoms with Crippen molar-refractivity contribution >= 4 is 33.7 Å². The molecule has 96 valence electrons. The number of primary amides is 1. The molecule has 1 aromatic carbocycles. The summed E-state index contributed by atoms with van der Waals surface area (Å²) in [7, 11) is 0. The van der Waals surface area contributed by atoms with Gasteiger partial charge in [0.05, 0.1) is 6.42 Å². The van der Waals surface area contributed by atoms with Crippen LogP contribution in [0.2, 0.25) is 0 Å². The summed E-state index contributed by atoms with van der Waals surface area (Å²) in [5.74, 6) is -2.67. The Morgan fingerprint density at radius 1 is 1.28 bits per heavy atom. The molecular formula is C11H11BrN2O4. The number of aliphatic carboxylic acids is 1. The van der Waals surface area contributed by atoms with E-state index in [1.807, 2.05) is 0 Å². The molecule has 0 saturated carbocycles. The molecule has 1 atom stereocenters. The highest BCUT2D eigenvalue weighted by atomic mass is 79.9. The second-order valence-corrected chi connectivity index (χ2v) is 4.46. The number of hydrogen-bond donors (Lipinski definition) is 3. The van der Waals surface area contributed by atoms with Gasteiger partial charge in [0.2, 0.25) is 5.91 Å². The number of rotatable bonds is 5. The van der Waals surface area contributed by atoms with E-state index in [0.29, 0.717) is 5.56 Å². The number of nitrogens with two attached hydrogens (primary N) is 1. The number of hydrogen-bond acceptors (Lipinski definition) is 3. The van der Waals surface area contributed by atoms with Gasteiger partial charge in [0.1, 0.15) is 6.04 Å². The Labute approximate surface area is 111 Å². The van der Waals surface area contributed by atoms with E-state index in [2.05, 4.69) is 21.2 Å². The largest absolute Gasteiger partial charge is 0.480 e. The highest BCUT2D eigenvalue weighted by Gasteiger charge is 2.22. The molecule has 0 heterocycles. The summed E-state index contributed by atoms with van der Waals surface area (Å²) in [6.45, 7) is 0. The lowest BCUT2D eigenvalue weighted by molar-refractivity contribution is -0.140. The zero-order valence-corrected chi connectivity index (χ0v) is 10.8. The first-order valence-electron chi connectivity index (χ1n) is 4.97. The predicted molar refractivity (Wildman–Crippen MR) is 66.8 cm³/mol. The van der Waals surface area contributed by atoms with E-state index in [9.17, 15) is 14.4 Å². The third-order valence-electron chi connectivity index (χ3n) is 2.12. The molecule has 0 aliphatic rings. The number of carbonyl (C=O) groups is 3. The first kappa shape index (κ1) is 14.2. The van der Waals surface area contributed by atoms with Crippen molar-refractivity contribution in [3.05, 3.63) is 34.3 Å². The van der Waals surface area contributed by atoms with Crippen molar-refractivity contribution in [3.8, 4) is 0 Å². The van der Waals surface area contributed by atoms with Gasteiger partial charge in [-0.15, -0.1) is 0 Å². The van der Waals surface area contributed by atoms with Gasteiger partial charge in [-0.3, -0.25) is 9.59 Å². The van der Waals surface area contributed by atoms with Gasteiger partial charge in [-0.25, -0.2) is 4.79 Å². The molecule has 2 amide bonds. The molecule has 0 aromatic heterocycles. The summed E-state index contributed by atoms with van der Waals surface area (Å²) in [4.78, 5) is 33.2. The smallest absolute Gasteiger partial charge is 0.326 e. The Morgan fingerprint density at radius 3 is 2.28 bits per heavy atom. The summed E-state index contributed by atoms with van der Waals surface area (Å²) >= 11 is 3.21. The molecule has 6 nitrogen and oxygen atoms in total.